The van der Waals surface area contributed by atoms with E-state index in [9.17, 15) is 38.8 Å². The molecule has 0 bridgehead atoms. The number of imidazole rings is 1. The molecule has 3 aromatic rings. The van der Waals surface area contributed by atoms with Gasteiger partial charge in [-0.05, 0) is 18.2 Å². The fourth-order valence-electron chi connectivity index (χ4n) is 3.85. The lowest BCUT2D eigenvalue weighted by Crippen LogP contribution is -2.41. The van der Waals surface area contributed by atoms with E-state index in [1.807, 2.05) is 0 Å². The molecule has 1 fully saturated rings. The Morgan fingerprint density at radius 2 is 1.97 bits per heavy atom. The number of β-amino-alcohol motifs (C(OH)–C–C–N with tert-alkyl or cyclic N) is 1. The number of carbonyl (C=O) groups is 1. The van der Waals surface area contributed by atoms with Crippen LogP contribution in [-0.2, 0) is 19.6 Å². The van der Waals surface area contributed by atoms with Crippen molar-refractivity contribution in [3.05, 3.63) is 70.2 Å². The van der Waals surface area contributed by atoms with Gasteiger partial charge in [-0.1, -0.05) is 24.3 Å². The average Bonchev–Trinajstić information content (AvgIpc) is 3.47. The topological polar surface area (TPSA) is 200 Å². The minimum atomic E-state index is -4.57. The lowest BCUT2D eigenvalue weighted by atomic mass is 10.2. The number of aliphatic hydroxyl groups excluding tert-OH is 2. The van der Waals surface area contributed by atoms with Crippen LogP contribution in [0.25, 0.3) is 16.6 Å². The number of nitrogens with zero attached hydrogens (tertiary/aromatic N) is 4. The van der Waals surface area contributed by atoms with Crippen molar-refractivity contribution in [3.63, 3.8) is 0 Å². The highest BCUT2D eigenvalue weighted by Crippen LogP contribution is 2.32. The Morgan fingerprint density at radius 3 is 2.67 bits per heavy atom. The van der Waals surface area contributed by atoms with Gasteiger partial charge in [-0.15, -0.1) is 0 Å². The molecule has 2 aromatic carbocycles. The first-order valence-electron chi connectivity index (χ1n) is 10.5. The normalized spacial score (nSPS) is 19.0. The van der Waals surface area contributed by atoms with Crippen molar-refractivity contribution in [2.24, 2.45) is 0 Å². The van der Waals surface area contributed by atoms with Gasteiger partial charge in [0.15, 0.2) is 16.5 Å². The number of nitriles is 1. The first-order chi connectivity index (χ1) is 17.1. The number of rotatable bonds is 7. The summed E-state index contributed by atoms with van der Waals surface area (Å²) in [6, 6.07) is 11.8. The molecule has 13 nitrogen and oxygen atoms in total. The Hall–Kier alpha value is -4.32. The maximum Gasteiger partial charge on any atom is 0.325 e. The number of esters is 1. The zero-order valence-electron chi connectivity index (χ0n) is 18.4. The number of aromatic amines is 1. The molecule has 0 amide bonds. The van der Waals surface area contributed by atoms with Gasteiger partial charge in [0.25, 0.3) is 15.7 Å². The second kappa shape index (κ2) is 9.74. The van der Waals surface area contributed by atoms with E-state index in [0.29, 0.717) is 15.3 Å². The van der Waals surface area contributed by atoms with Gasteiger partial charge in [0.2, 0.25) is 0 Å². The number of aromatic nitrogens is 2. The van der Waals surface area contributed by atoms with E-state index >= 15 is 0 Å². The minimum absolute atomic E-state index is 0.0455. The zero-order valence-corrected chi connectivity index (χ0v) is 19.3. The van der Waals surface area contributed by atoms with Crippen molar-refractivity contribution in [3.8, 4) is 6.07 Å². The number of hydrogen-bond acceptors (Lipinski definition) is 10. The van der Waals surface area contributed by atoms with E-state index in [2.05, 4.69) is 9.97 Å². The molecule has 0 aliphatic carbocycles. The van der Waals surface area contributed by atoms with E-state index in [-0.39, 0.29) is 17.8 Å². The van der Waals surface area contributed by atoms with Crippen LogP contribution < -0.4 is 0 Å². The molecule has 2 atom stereocenters. The molecule has 36 heavy (non-hydrogen) atoms. The summed E-state index contributed by atoms with van der Waals surface area (Å²) in [5.74, 6) is -1.69. The van der Waals surface area contributed by atoms with E-state index in [1.165, 1.54) is 12.1 Å². The standard InChI is InChI=1S/C22H19N5O8S/c23-10-14(21-24-15-5-1-2-6-16(15)25-21)19(29)12-35-22(30)18-9-13(28)11-26(18)36(33,34)20-8-4-3-7-17(20)27(31)32/h1-8,13,18,28-29H,9,11-12H2,(H,24,25)/b19-14-. The zero-order chi connectivity index (χ0) is 26.0. The molecule has 1 aliphatic rings. The van der Waals surface area contributed by atoms with Crippen LogP contribution in [0.3, 0.4) is 0 Å². The summed E-state index contributed by atoms with van der Waals surface area (Å²) >= 11 is 0. The third-order valence-corrected chi connectivity index (χ3v) is 7.45. The predicted octanol–water partition coefficient (Wildman–Crippen LogP) is 1.63. The number of nitro groups is 1. The minimum Gasteiger partial charge on any atom is -0.507 e. The number of benzene rings is 2. The monoisotopic (exact) mass is 513 g/mol. The van der Waals surface area contributed by atoms with E-state index in [4.69, 9.17) is 4.74 Å². The number of para-hydroxylation sites is 3. The number of H-pyrrole nitrogens is 1. The molecular weight excluding hydrogens is 494 g/mol. The SMILES string of the molecule is N#C/C(=C(/O)COC(=O)C1CC(O)CN1S(=O)(=O)c1ccccc1[N+](=O)[O-])c1nc2ccccc2[nH]1. The highest BCUT2D eigenvalue weighted by atomic mass is 32.2. The van der Waals surface area contributed by atoms with Gasteiger partial charge < -0.3 is 19.9 Å². The van der Waals surface area contributed by atoms with Crippen molar-refractivity contribution in [1.82, 2.24) is 14.3 Å². The number of sulfonamides is 1. The van der Waals surface area contributed by atoms with Crippen molar-refractivity contribution < 1.29 is 33.1 Å². The van der Waals surface area contributed by atoms with Gasteiger partial charge in [0, 0.05) is 19.0 Å². The fourth-order valence-corrected chi connectivity index (χ4v) is 5.64. The van der Waals surface area contributed by atoms with Crippen LogP contribution in [-0.4, -0.2) is 69.1 Å². The molecule has 4 rings (SSSR count). The second-order valence-electron chi connectivity index (χ2n) is 7.85. The summed E-state index contributed by atoms with van der Waals surface area (Å²) in [6.07, 6.45) is -1.55. The Kier molecular flexibility index (Phi) is 6.71. The largest absolute Gasteiger partial charge is 0.507 e. The lowest BCUT2D eigenvalue weighted by Gasteiger charge is -2.22. The van der Waals surface area contributed by atoms with Crippen molar-refractivity contribution >= 4 is 38.3 Å². The summed E-state index contributed by atoms with van der Waals surface area (Å²) in [5, 5.41) is 41.3. The number of allylic oxidation sites excluding steroid dienone is 1. The summed E-state index contributed by atoms with van der Waals surface area (Å²) in [4.78, 5) is 29.7. The first-order valence-corrected chi connectivity index (χ1v) is 11.9. The Labute approximate surface area is 204 Å². The third-order valence-electron chi connectivity index (χ3n) is 5.53. The lowest BCUT2D eigenvalue weighted by molar-refractivity contribution is -0.387. The molecule has 0 radical (unpaired) electrons. The molecule has 2 unspecified atom stereocenters. The Morgan fingerprint density at radius 1 is 1.28 bits per heavy atom. The fraction of sp³-hybridized carbons (Fsp3) is 0.227. The van der Waals surface area contributed by atoms with Crippen LogP contribution >= 0.6 is 0 Å². The van der Waals surface area contributed by atoms with Crippen LogP contribution in [0.2, 0.25) is 0 Å². The maximum absolute atomic E-state index is 13.2. The van der Waals surface area contributed by atoms with Gasteiger partial charge in [-0.2, -0.15) is 9.57 Å². The van der Waals surface area contributed by atoms with E-state index < -0.39 is 62.6 Å². The Bertz CT molecular complexity index is 1490. The molecule has 3 N–H and O–H groups in total. The van der Waals surface area contributed by atoms with E-state index in [1.54, 1.807) is 30.3 Å². The molecular formula is C22H19N5O8S. The molecule has 14 heteroatoms. The number of carbonyl (C=O) groups excluding carboxylic acids is 1. The summed E-state index contributed by atoms with van der Waals surface area (Å²) in [5.41, 5.74) is 0.188. The van der Waals surface area contributed by atoms with E-state index in [0.717, 1.165) is 12.1 Å². The smallest absolute Gasteiger partial charge is 0.325 e. The number of ether oxygens (including phenoxy) is 1. The van der Waals surface area contributed by atoms with Gasteiger partial charge >= 0.3 is 5.97 Å². The first kappa shape index (κ1) is 24.8. The number of aliphatic hydroxyl groups is 2. The van der Waals surface area contributed by atoms with Crippen LogP contribution in [0.5, 0.6) is 0 Å². The van der Waals surface area contributed by atoms with Crippen LogP contribution in [0.15, 0.2) is 59.2 Å². The molecule has 0 spiro atoms. The third kappa shape index (κ3) is 4.62. The highest BCUT2D eigenvalue weighted by Gasteiger charge is 2.46. The number of nitrogens with one attached hydrogen (secondary N) is 1. The highest BCUT2D eigenvalue weighted by molar-refractivity contribution is 7.89. The number of hydrogen-bond donors (Lipinski definition) is 3. The van der Waals surface area contributed by atoms with Crippen LogP contribution in [0, 0.1) is 21.4 Å². The van der Waals surface area contributed by atoms with Crippen molar-refractivity contribution in [2.45, 2.75) is 23.5 Å². The molecule has 1 saturated heterocycles. The van der Waals surface area contributed by atoms with Gasteiger partial charge in [0.05, 0.1) is 22.1 Å². The quantitative estimate of drug-likeness (QED) is 0.137. The van der Waals surface area contributed by atoms with Gasteiger partial charge in [-0.25, -0.2) is 13.4 Å². The van der Waals surface area contributed by atoms with Crippen LogP contribution in [0.1, 0.15) is 12.2 Å². The number of nitro benzene ring substituents is 1. The maximum atomic E-state index is 13.2. The molecule has 2 heterocycles. The van der Waals surface area contributed by atoms with Gasteiger partial charge in [0.1, 0.15) is 24.3 Å². The number of fused-ring (bicyclic) bond motifs is 1. The summed E-state index contributed by atoms with van der Waals surface area (Å²) < 4.78 is 32.0. The van der Waals surface area contributed by atoms with Gasteiger partial charge in [-0.3, -0.25) is 14.9 Å². The van der Waals surface area contributed by atoms with Crippen molar-refractivity contribution in [1.29, 1.82) is 5.26 Å². The molecule has 0 saturated carbocycles. The predicted molar refractivity (Wildman–Crippen MR) is 124 cm³/mol. The summed E-state index contributed by atoms with van der Waals surface area (Å²) in [7, 11) is -4.57. The summed E-state index contributed by atoms with van der Waals surface area (Å²) in [6.45, 7) is -1.26. The van der Waals surface area contributed by atoms with Crippen LogP contribution in [0.4, 0.5) is 5.69 Å². The molecule has 1 aliphatic heterocycles. The second-order valence-corrected chi connectivity index (χ2v) is 9.71. The molecule has 186 valence electrons. The molecule has 1 aromatic heterocycles. The average molecular weight is 513 g/mol. The van der Waals surface area contributed by atoms with Crippen molar-refractivity contribution in [2.75, 3.05) is 13.2 Å². The Balaban J connectivity index is 1.56.